The van der Waals surface area contributed by atoms with Crippen LogP contribution in [0.25, 0.3) is 21.8 Å². The van der Waals surface area contributed by atoms with Crippen LogP contribution in [-0.4, -0.2) is 56.5 Å². The van der Waals surface area contributed by atoms with Gasteiger partial charge in [0.2, 0.25) is 0 Å². The van der Waals surface area contributed by atoms with Gasteiger partial charge in [0.05, 0.1) is 17.2 Å². The van der Waals surface area contributed by atoms with Gasteiger partial charge in [0.1, 0.15) is 18.2 Å². The van der Waals surface area contributed by atoms with Crippen LogP contribution in [0.5, 0.6) is 0 Å². The van der Waals surface area contributed by atoms with Crippen molar-refractivity contribution in [3.05, 3.63) is 59.0 Å². The maximum atomic E-state index is 14.1. The molecule has 0 amide bonds. The van der Waals surface area contributed by atoms with Gasteiger partial charge in [-0.15, -0.1) is 0 Å². The standard InChI is InChI=1S/C27H32F2N6O/c1-16(19-6-5-7-20(12-19)27(28,29)15-36)31-26-22-13-21(18-8-10-34(3)11-9-18)25-23(14-30-35(25)4)24(22)32-17(2)33-26/h5-7,12-14,16,18,36H,8-11,15H2,1-4H3,(H,31,32,33)/t16-/m1/s1. The molecule has 2 aromatic carbocycles. The quantitative estimate of drug-likeness (QED) is 0.397. The van der Waals surface area contributed by atoms with Crippen LogP contribution in [0.1, 0.15) is 54.2 Å². The maximum Gasteiger partial charge on any atom is 0.295 e. The lowest BCUT2D eigenvalue weighted by Gasteiger charge is -2.30. The third-order valence-electron chi connectivity index (χ3n) is 7.34. The van der Waals surface area contributed by atoms with Gasteiger partial charge in [-0.25, -0.2) is 9.97 Å². The van der Waals surface area contributed by atoms with Crippen LogP contribution >= 0.6 is 0 Å². The number of aliphatic hydroxyl groups excluding tert-OH is 1. The van der Waals surface area contributed by atoms with Gasteiger partial charge in [-0.1, -0.05) is 18.2 Å². The fourth-order valence-corrected chi connectivity index (χ4v) is 5.26. The summed E-state index contributed by atoms with van der Waals surface area (Å²) in [7, 11) is 4.12. The number of anilines is 1. The summed E-state index contributed by atoms with van der Waals surface area (Å²) < 4.78 is 30.2. The minimum atomic E-state index is -3.29. The highest BCUT2D eigenvalue weighted by molar-refractivity contribution is 6.09. The van der Waals surface area contributed by atoms with E-state index in [0.29, 0.717) is 23.1 Å². The summed E-state index contributed by atoms with van der Waals surface area (Å²) in [6.07, 6.45) is 4.01. The van der Waals surface area contributed by atoms with E-state index in [-0.39, 0.29) is 11.6 Å². The molecular formula is C27H32F2N6O. The zero-order chi connectivity index (χ0) is 25.6. The number of fused-ring (bicyclic) bond motifs is 3. The Balaban J connectivity index is 1.59. The van der Waals surface area contributed by atoms with Gasteiger partial charge >= 0.3 is 0 Å². The molecule has 4 aromatic rings. The zero-order valence-corrected chi connectivity index (χ0v) is 21.1. The van der Waals surface area contributed by atoms with E-state index in [1.54, 1.807) is 12.1 Å². The van der Waals surface area contributed by atoms with Crippen molar-refractivity contribution < 1.29 is 13.9 Å². The van der Waals surface area contributed by atoms with Crippen molar-refractivity contribution in [1.29, 1.82) is 0 Å². The zero-order valence-electron chi connectivity index (χ0n) is 21.1. The van der Waals surface area contributed by atoms with Crippen molar-refractivity contribution in [2.75, 3.05) is 32.1 Å². The SMILES string of the molecule is Cc1nc(N[C@H](C)c2cccc(C(F)(F)CO)c2)c2cc(C3CCN(C)CC3)c3c(cnn3C)c2n1. The second kappa shape index (κ2) is 9.37. The Morgan fingerprint density at radius 2 is 1.89 bits per heavy atom. The van der Waals surface area contributed by atoms with Crippen molar-refractivity contribution in [3.8, 4) is 0 Å². The molecule has 7 nitrogen and oxygen atoms in total. The van der Waals surface area contributed by atoms with Crippen LogP contribution < -0.4 is 5.32 Å². The van der Waals surface area contributed by atoms with Crippen molar-refractivity contribution in [3.63, 3.8) is 0 Å². The first-order valence-electron chi connectivity index (χ1n) is 12.3. The molecule has 1 aliphatic heterocycles. The van der Waals surface area contributed by atoms with Crippen molar-refractivity contribution in [2.24, 2.45) is 7.05 Å². The number of aliphatic hydroxyl groups is 1. The van der Waals surface area contributed by atoms with Crippen LogP contribution in [0.2, 0.25) is 0 Å². The Morgan fingerprint density at radius 1 is 1.14 bits per heavy atom. The van der Waals surface area contributed by atoms with E-state index < -0.39 is 12.5 Å². The van der Waals surface area contributed by atoms with Gasteiger partial charge in [-0.05, 0) is 76.0 Å². The Kier molecular flexibility index (Phi) is 6.38. The Bertz CT molecular complexity index is 1410. The minimum Gasteiger partial charge on any atom is -0.390 e. The van der Waals surface area contributed by atoms with Crippen LogP contribution in [0.4, 0.5) is 14.6 Å². The summed E-state index contributed by atoms with van der Waals surface area (Å²) in [4.78, 5) is 11.8. The third kappa shape index (κ3) is 4.41. The molecule has 0 spiro atoms. The van der Waals surface area contributed by atoms with Gasteiger partial charge in [-0.3, -0.25) is 4.68 Å². The Labute approximate surface area is 209 Å². The van der Waals surface area contributed by atoms with E-state index >= 15 is 0 Å². The first-order valence-corrected chi connectivity index (χ1v) is 12.3. The second-order valence-electron chi connectivity index (χ2n) is 9.94. The number of benzene rings is 2. The molecule has 0 unspecified atom stereocenters. The molecule has 1 aliphatic rings. The number of halogens is 2. The molecule has 5 rings (SSSR count). The molecular weight excluding hydrogens is 462 g/mol. The number of nitrogens with one attached hydrogen (secondary N) is 1. The molecule has 0 saturated carbocycles. The Hall–Kier alpha value is -3.17. The van der Waals surface area contributed by atoms with Crippen LogP contribution in [0, 0.1) is 6.92 Å². The van der Waals surface area contributed by atoms with E-state index in [2.05, 4.69) is 28.4 Å². The largest absolute Gasteiger partial charge is 0.390 e. The first kappa shape index (κ1) is 24.5. The molecule has 0 radical (unpaired) electrons. The number of hydrogen-bond donors (Lipinski definition) is 2. The third-order valence-corrected chi connectivity index (χ3v) is 7.34. The van der Waals surface area contributed by atoms with Crippen LogP contribution in [0.15, 0.2) is 36.5 Å². The predicted molar refractivity (Wildman–Crippen MR) is 137 cm³/mol. The average molecular weight is 495 g/mol. The highest BCUT2D eigenvalue weighted by Gasteiger charge is 2.31. The Morgan fingerprint density at radius 3 is 2.61 bits per heavy atom. The van der Waals surface area contributed by atoms with Crippen molar-refractivity contribution in [1.82, 2.24) is 24.6 Å². The summed E-state index contributed by atoms with van der Waals surface area (Å²) in [5.41, 5.74) is 3.66. The maximum absolute atomic E-state index is 14.1. The normalized spacial score (nSPS) is 16.6. The lowest BCUT2D eigenvalue weighted by Crippen LogP contribution is -2.29. The molecule has 0 bridgehead atoms. The van der Waals surface area contributed by atoms with E-state index in [4.69, 9.17) is 15.1 Å². The minimum absolute atomic E-state index is 0.207. The molecule has 2 N–H and O–H groups in total. The number of alkyl halides is 2. The van der Waals surface area contributed by atoms with E-state index in [1.807, 2.05) is 31.8 Å². The number of aromatic nitrogens is 4. The van der Waals surface area contributed by atoms with Gasteiger partial charge in [-0.2, -0.15) is 13.9 Å². The number of nitrogens with zero attached hydrogens (tertiary/aromatic N) is 5. The molecule has 3 heterocycles. The summed E-state index contributed by atoms with van der Waals surface area (Å²) in [6, 6.07) is 8.06. The number of hydrogen-bond acceptors (Lipinski definition) is 6. The van der Waals surface area contributed by atoms with Gasteiger partial charge in [0.25, 0.3) is 5.92 Å². The smallest absolute Gasteiger partial charge is 0.295 e. The first-order chi connectivity index (χ1) is 17.2. The highest BCUT2D eigenvalue weighted by Crippen LogP contribution is 2.39. The fraction of sp³-hybridized carbons (Fsp3) is 0.444. The van der Waals surface area contributed by atoms with Crippen molar-refractivity contribution >= 4 is 27.6 Å². The summed E-state index contributed by atoms with van der Waals surface area (Å²) in [6.45, 7) is 4.63. The second-order valence-corrected chi connectivity index (χ2v) is 9.94. The lowest BCUT2D eigenvalue weighted by atomic mass is 9.87. The van der Waals surface area contributed by atoms with Crippen LogP contribution in [-0.2, 0) is 13.0 Å². The molecule has 1 saturated heterocycles. The molecule has 2 aromatic heterocycles. The molecule has 1 fully saturated rings. The number of likely N-dealkylation sites (tertiary alicyclic amines) is 1. The highest BCUT2D eigenvalue weighted by atomic mass is 19.3. The molecule has 36 heavy (non-hydrogen) atoms. The predicted octanol–water partition coefficient (Wildman–Crippen LogP) is 4.89. The van der Waals surface area contributed by atoms with E-state index in [0.717, 1.165) is 47.7 Å². The van der Waals surface area contributed by atoms with Gasteiger partial charge < -0.3 is 15.3 Å². The molecule has 0 aliphatic carbocycles. The van der Waals surface area contributed by atoms with E-state index in [9.17, 15) is 8.78 Å². The lowest BCUT2D eigenvalue weighted by molar-refractivity contribution is -0.0556. The molecule has 1 atom stereocenters. The topological polar surface area (TPSA) is 79.1 Å². The number of piperidine rings is 1. The van der Waals surface area contributed by atoms with Crippen LogP contribution in [0.3, 0.4) is 0 Å². The summed E-state index contributed by atoms with van der Waals surface area (Å²) in [5.74, 6) is -1.59. The van der Waals surface area contributed by atoms with E-state index in [1.165, 1.54) is 17.7 Å². The molecule has 190 valence electrons. The fourth-order valence-electron chi connectivity index (χ4n) is 5.26. The summed E-state index contributed by atoms with van der Waals surface area (Å²) >= 11 is 0. The van der Waals surface area contributed by atoms with Gasteiger partial charge in [0, 0.05) is 29.4 Å². The molecule has 9 heteroatoms. The monoisotopic (exact) mass is 494 g/mol. The number of aryl methyl sites for hydroxylation is 2. The summed E-state index contributed by atoms with van der Waals surface area (Å²) in [5, 5.41) is 19.0. The number of rotatable bonds is 6. The average Bonchev–Trinajstić information content (AvgIpc) is 3.26. The van der Waals surface area contributed by atoms with Gasteiger partial charge in [0.15, 0.2) is 0 Å². The van der Waals surface area contributed by atoms with Crippen molar-refractivity contribution in [2.45, 2.75) is 44.6 Å².